The maximum Gasteiger partial charge on any atom is 0.400 e. The molecule has 0 unspecified atom stereocenters. The molecule has 0 fully saturated rings. The summed E-state index contributed by atoms with van der Waals surface area (Å²) in [5, 5.41) is 1.95. The fourth-order valence-electron chi connectivity index (χ4n) is 0.206. The van der Waals surface area contributed by atoms with Crippen LogP contribution < -0.4 is 5.09 Å². The fourth-order valence-corrected chi connectivity index (χ4v) is 0.618. The Labute approximate surface area is 41.8 Å². The van der Waals surface area contributed by atoms with E-state index in [1.54, 1.807) is 6.92 Å². The molecule has 0 aromatic carbocycles. The first-order chi connectivity index (χ1) is 3.06. The minimum atomic E-state index is -3.92. The average molecular weight is 125 g/mol. The highest BCUT2D eigenvalue weighted by Gasteiger charge is 2.07. The van der Waals surface area contributed by atoms with Crippen LogP contribution in [0.1, 0.15) is 6.92 Å². The van der Waals surface area contributed by atoms with Crippen molar-refractivity contribution in [3.63, 3.8) is 0 Å². The second kappa shape index (κ2) is 2.43. The van der Waals surface area contributed by atoms with Gasteiger partial charge in [-0.2, -0.15) is 0 Å². The summed E-state index contributed by atoms with van der Waals surface area (Å²) in [6.07, 6.45) is 0. The molecule has 44 valence electrons. The first kappa shape index (κ1) is 7.11. The van der Waals surface area contributed by atoms with Gasteiger partial charge in [0.2, 0.25) is 0 Å². The Morgan fingerprint density at radius 2 is 2.14 bits per heavy atom. The van der Waals surface area contributed by atoms with Gasteiger partial charge in [0.1, 0.15) is 0 Å². The highest BCUT2D eigenvalue weighted by Crippen LogP contribution is 2.26. The van der Waals surface area contributed by atoms with Crippen LogP contribution in [0.15, 0.2) is 0 Å². The Morgan fingerprint density at radius 1 is 1.71 bits per heavy atom. The molecule has 0 saturated heterocycles. The molecule has 0 radical (unpaired) electrons. The van der Waals surface area contributed by atoms with Crippen molar-refractivity contribution in [1.29, 1.82) is 0 Å². The zero-order valence-electron chi connectivity index (χ0n) is 3.96. The van der Waals surface area contributed by atoms with E-state index in [9.17, 15) is 4.57 Å². The molecule has 0 rings (SSSR count). The zero-order valence-corrected chi connectivity index (χ0v) is 4.85. The van der Waals surface area contributed by atoms with E-state index in [0.717, 1.165) is 0 Å². The van der Waals surface area contributed by atoms with Crippen molar-refractivity contribution in [3.8, 4) is 0 Å². The molecule has 5 heteroatoms. The number of rotatable bonds is 2. The van der Waals surface area contributed by atoms with Gasteiger partial charge in [-0.05, 0) is 0 Å². The molecular formula is C2H8NO3P. The molecule has 0 aliphatic heterocycles. The summed E-state index contributed by atoms with van der Waals surface area (Å²) >= 11 is 0. The molecule has 0 spiro atoms. The van der Waals surface area contributed by atoms with Gasteiger partial charge in [0.05, 0.1) is 0 Å². The molecule has 0 aliphatic rings. The highest BCUT2D eigenvalue weighted by atomic mass is 31.2. The molecule has 4 nitrogen and oxygen atoms in total. The Hall–Kier alpha value is 0.110. The summed E-state index contributed by atoms with van der Waals surface area (Å²) in [5.74, 6) is 0. The predicted molar refractivity (Wildman–Crippen MR) is 25.7 cm³/mol. The van der Waals surface area contributed by atoms with E-state index in [4.69, 9.17) is 9.79 Å². The van der Waals surface area contributed by atoms with Gasteiger partial charge in [0.25, 0.3) is 0 Å². The van der Waals surface area contributed by atoms with Crippen LogP contribution in [-0.2, 0) is 4.57 Å². The molecule has 7 heavy (non-hydrogen) atoms. The average Bonchev–Trinajstić information content (AvgIpc) is 1.30. The molecule has 0 aromatic rings. The quantitative estimate of drug-likeness (QED) is 0.442. The predicted octanol–water partition coefficient (Wildman–Crippen LogP) is -0.311. The Balaban J connectivity index is 3.36. The van der Waals surface area contributed by atoms with Gasteiger partial charge in [0, 0.05) is 6.54 Å². The molecule has 3 N–H and O–H groups in total. The van der Waals surface area contributed by atoms with Crippen LogP contribution in [0.2, 0.25) is 0 Å². The van der Waals surface area contributed by atoms with Crippen LogP contribution in [-0.4, -0.2) is 16.3 Å². The first-order valence-corrected chi connectivity index (χ1v) is 3.48. The fraction of sp³-hybridized carbons (Fsp3) is 1.00. The van der Waals surface area contributed by atoms with Crippen LogP contribution in [0.25, 0.3) is 0 Å². The van der Waals surface area contributed by atoms with Gasteiger partial charge in [-0.25, -0.2) is 9.65 Å². The maximum absolute atomic E-state index is 9.81. The Kier molecular flexibility index (Phi) is 2.46. The van der Waals surface area contributed by atoms with Crippen molar-refractivity contribution in [2.75, 3.05) is 6.54 Å². The minimum Gasteiger partial charge on any atom is -0.313 e. The normalized spacial score (nSPS) is 11.9. The third-order valence-electron chi connectivity index (χ3n) is 0.364. The molecule has 0 aromatic heterocycles. The summed E-state index contributed by atoms with van der Waals surface area (Å²) in [7, 11) is -3.92. The lowest BCUT2D eigenvalue weighted by Gasteiger charge is -1.99. The summed E-state index contributed by atoms with van der Waals surface area (Å²) in [6, 6.07) is 0. The highest BCUT2D eigenvalue weighted by molar-refractivity contribution is 7.49. The maximum atomic E-state index is 9.81. The van der Waals surface area contributed by atoms with Gasteiger partial charge in [-0.15, -0.1) is 0 Å². The number of nitrogens with one attached hydrogen (secondary N) is 1. The molecule has 0 heterocycles. The van der Waals surface area contributed by atoms with Crippen molar-refractivity contribution in [3.05, 3.63) is 0 Å². The molecule has 0 aliphatic carbocycles. The minimum absolute atomic E-state index is 0.296. The van der Waals surface area contributed by atoms with Crippen LogP contribution in [0.5, 0.6) is 0 Å². The van der Waals surface area contributed by atoms with Crippen LogP contribution in [0, 0.1) is 0 Å². The lowest BCUT2D eigenvalue weighted by molar-refractivity contribution is 0.359. The van der Waals surface area contributed by atoms with Crippen LogP contribution >= 0.6 is 7.75 Å². The van der Waals surface area contributed by atoms with Gasteiger partial charge in [0.15, 0.2) is 0 Å². The summed E-state index contributed by atoms with van der Waals surface area (Å²) < 4.78 is 9.81. The van der Waals surface area contributed by atoms with Gasteiger partial charge in [-0.1, -0.05) is 6.92 Å². The first-order valence-electron chi connectivity index (χ1n) is 1.87. The van der Waals surface area contributed by atoms with E-state index in [0.29, 0.717) is 6.54 Å². The zero-order chi connectivity index (χ0) is 5.91. The SMILES string of the molecule is CCNP(=O)(O)O. The molecule has 0 saturated carbocycles. The summed E-state index contributed by atoms with van der Waals surface area (Å²) in [6.45, 7) is 1.92. The van der Waals surface area contributed by atoms with E-state index in [1.807, 2.05) is 5.09 Å². The van der Waals surface area contributed by atoms with Crippen molar-refractivity contribution in [2.24, 2.45) is 0 Å². The summed E-state index contributed by atoms with van der Waals surface area (Å²) in [5.41, 5.74) is 0. The standard InChI is InChI=1S/C2H8NO3P/c1-2-3-7(4,5)6/h2H2,1H3,(H3,3,4,5,6). The van der Waals surface area contributed by atoms with Crippen molar-refractivity contribution in [1.82, 2.24) is 5.09 Å². The van der Waals surface area contributed by atoms with E-state index in [1.165, 1.54) is 0 Å². The van der Waals surface area contributed by atoms with E-state index >= 15 is 0 Å². The smallest absolute Gasteiger partial charge is 0.313 e. The van der Waals surface area contributed by atoms with Crippen molar-refractivity contribution >= 4 is 7.75 Å². The number of hydrogen-bond donors (Lipinski definition) is 3. The Morgan fingerprint density at radius 3 is 2.14 bits per heavy atom. The monoisotopic (exact) mass is 125 g/mol. The van der Waals surface area contributed by atoms with Gasteiger partial charge in [-0.3, -0.25) is 0 Å². The van der Waals surface area contributed by atoms with Gasteiger partial charge < -0.3 is 9.79 Å². The molecule has 0 amide bonds. The topological polar surface area (TPSA) is 69.6 Å². The van der Waals surface area contributed by atoms with Crippen molar-refractivity contribution in [2.45, 2.75) is 6.92 Å². The summed E-state index contributed by atoms with van der Waals surface area (Å²) in [4.78, 5) is 16.0. The lowest BCUT2D eigenvalue weighted by Crippen LogP contribution is -2.06. The van der Waals surface area contributed by atoms with E-state index < -0.39 is 7.75 Å². The van der Waals surface area contributed by atoms with Crippen molar-refractivity contribution < 1.29 is 14.4 Å². The molecule has 0 bridgehead atoms. The third-order valence-corrected chi connectivity index (χ3v) is 1.09. The second-order valence-electron chi connectivity index (χ2n) is 1.06. The van der Waals surface area contributed by atoms with Gasteiger partial charge >= 0.3 is 7.75 Å². The number of hydrogen-bond acceptors (Lipinski definition) is 1. The molecular weight excluding hydrogens is 117 g/mol. The molecule has 0 atom stereocenters. The van der Waals surface area contributed by atoms with E-state index in [-0.39, 0.29) is 0 Å². The van der Waals surface area contributed by atoms with Crippen LogP contribution in [0.3, 0.4) is 0 Å². The third kappa shape index (κ3) is 6.11. The Bertz CT molecular complexity index is 86.9. The van der Waals surface area contributed by atoms with E-state index in [2.05, 4.69) is 0 Å². The lowest BCUT2D eigenvalue weighted by atomic mass is 10.8. The second-order valence-corrected chi connectivity index (χ2v) is 2.46. The largest absolute Gasteiger partial charge is 0.400 e. The van der Waals surface area contributed by atoms with Crippen LogP contribution in [0.4, 0.5) is 0 Å².